The molecule has 1 aromatic heterocycles. The number of nitrogens with one attached hydrogen (secondary N) is 1. The molecule has 6 heteroatoms. The highest BCUT2D eigenvalue weighted by Gasteiger charge is 2.07. The smallest absolute Gasteiger partial charge is 0.225 e. The average molecular weight is 293 g/mol. The predicted molar refractivity (Wildman–Crippen MR) is 79.6 cm³/mol. The van der Waals surface area contributed by atoms with E-state index in [0.29, 0.717) is 11.6 Å². The number of hydrogen-bond acceptors (Lipinski definition) is 5. The molecule has 4 nitrogen and oxygen atoms in total. The molecule has 0 saturated carbocycles. The van der Waals surface area contributed by atoms with E-state index in [2.05, 4.69) is 46.7 Å². The molecule has 0 aliphatic carbocycles. The van der Waals surface area contributed by atoms with Crippen molar-refractivity contribution in [3.63, 3.8) is 0 Å². The molecule has 0 bridgehead atoms. The number of carbonyl (C=O) groups excluding carboxylic acids is 1. The van der Waals surface area contributed by atoms with Crippen LogP contribution in [-0.4, -0.2) is 16.1 Å². The lowest BCUT2D eigenvalue weighted by molar-refractivity contribution is -0.115. The molecule has 100 valence electrons. The Morgan fingerprint density at radius 3 is 3.00 bits per heavy atom. The molecule has 0 unspecified atom stereocenters. The number of benzene rings is 1. The first-order valence-electron chi connectivity index (χ1n) is 5.99. The first-order chi connectivity index (χ1) is 9.17. The summed E-state index contributed by atoms with van der Waals surface area (Å²) in [6.07, 6.45) is 0.450. The van der Waals surface area contributed by atoms with Crippen LogP contribution in [0.1, 0.15) is 24.5 Å². The number of nitrogens with zero attached hydrogens (tertiary/aromatic N) is 2. The van der Waals surface area contributed by atoms with Gasteiger partial charge in [0.1, 0.15) is 0 Å². The second-order valence-corrected chi connectivity index (χ2v) is 6.25. The number of anilines is 1. The maximum absolute atomic E-state index is 11.2. The van der Waals surface area contributed by atoms with Gasteiger partial charge in [0, 0.05) is 12.2 Å². The maximum atomic E-state index is 11.2. The molecule has 0 aliphatic rings. The average Bonchev–Trinajstić information content (AvgIpc) is 2.84. The van der Waals surface area contributed by atoms with E-state index >= 15 is 0 Å². The van der Waals surface area contributed by atoms with Gasteiger partial charge in [-0.1, -0.05) is 59.9 Å². The maximum Gasteiger partial charge on any atom is 0.225 e. The van der Waals surface area contributed by atoms with E-state index in [9.17, 15) is 4.79 Å². The fourth-order valence-corrected chi connectivity index (χ4v) is 3.18. The van der Waals surface area contributed by atoms with Gasteiger partial charge in [0.15, 0.2) is 4.34 Å². The van der Waals surface area contributed by atoms with Crippen LogP contribution in [0.2, 0.25) is 0 Å². The van der Waals surface area contributed by atoms with Gasteiger partial charge in [0.05, 0.1) is 0 Å². The van der Waals surface area contributed by atoms with Crippen molar-refractivity contribution in [1.82, 2.24) is 10.2 Å². The SMILES string of the molecule is CCC(=O)Nc1nnc(SCc2cccc(C)c2)s1. The van der Waals surface area contributed by atoms with E-state index in [1.807, 2.05) is 6.92 Å². The quantitative estimate of drug-likeness (QED) is 0.677. The minimum Gasteiger partial charge on any atom is -0.301 e. The van der Waals surface area contributed by atoms with Gasteiger partial charge in [-0.15, -0.1) is 10.2 Å². The molecule has 1 aromatic carbocycles. The molecule has 0 radical (unpaired) electrons. The molecule has 0 atom stereocenters. The summed E-state index contributed by atoms with van der Waals surface area (Å²) in [6, 6.07) is 8.39. The predicted octanol–water partition coefficient (Wildman–Crippen LogP) is 3.49. The van der Waals surface area contributed by atoms with Crippen molar-refractivity contribution < 1.29 is 4.79 Å². The molecule has 0 aliphatic heterocycles. The highest BCUT2D eigenvalue weighted by atomic mass is 32.2. The number of carbonyl (C=O) groups is 1. The number of rotatable bonds is 5. The minimum absolute atomic E-state index is 0.0358. The number of aromatic nitrogens is 2. The monoisotopic (exact) mass is 293 g/mol. The van der Waals surface area contributed by atoms with Gasteiger partial charge in [-0.25, -0.2) is 0 Å². The van der Waals surface area contributed by atoms with Gasteiger partial charge in [0.25, 0.3) is 0 Å². The highest BCUT2D eigenvalue weighted by molar-refractivity contribution is 8.00. The number of thioether (sulfide) groups is 1. The number of aryl methyl sites for hydroxylation is 1. The largest absolute Gasteiger partial charge is 0.301 e. The first kappa shape index (κ1) is 14.0. The third kappa shape index (κ3) is 4.33. The standard InChI is InChI=1S/C13H15N3OS2/c1-3-11(17)14-12-15-16-13(19-12)18-8-10-6-4-5-9(2)7-10/h4-7H,3,8H2,1-2H3,(H,14,15,17). The third-order valence-corrected chi connectivity index (χ3v) is 4.46. The van der Waals surface area contributed by atoms with Crippen molar-refractivity contribution in [2.24, 2.45) is 0 Å². The summed E-state index contributed by atoms with van der Waals surface area (Å²) < 4.78 is 0.868. The zero-order valence-corrected chi connectivity index (χ0v) is 12.5. The molecule has 19 heavy (non-hydrogen) atoms. The van der Waals surface area contributed by atoms with Crippen LogP contribution in [0.5, 0.6) is 0 Å². The van der Waals surface area contributed by atoms with E-state index in [1.165, 1.54) is 22.5 Å². The van der Waals surface area contributed by atoms with Crippen molar-refractivity contribution in [1.29, 1.82) is 0 Å². The van der Waals surface area contributed by atoms with Crippen molar-refractivity contribution in [3.05, 3.63) is 35.4 Å². The van der Waals surface area contributed by atoms with E-state index in [1.54, 1.807) is 11.8 Å². The molecule has 0 saturated heterocycles. The molecule has 0 fully saturated rings. The van der Waals surface area contributed by atoms with Crippen LogP contribution in [-0.2, 0) is 10.5 Å². The van der Waals surface area contributed by atoms with Crippen LogP contribution < -0.4 is 5.32 Å². The molecule has 1 N–H and O–H groups in total. The lowest BCUT2D eigenvalue weighted by atomic mass is 10.2. The molecular formula is C13H15N3OS2. The second-order valence-electron chi connectivity index (χ2n) is 4.05. The van der Waals surface area contributed by atoms with Gasteiger partial charge in [-0.2, -0.15) is 0 Å². The Kier molecular flexibility index (Phi) is 4.93. The Hall–Kier alpha value is -1.40. The summed E-state index contributed by atoms with van der Waals surface area (Å²) in [6.45, 7) is 3.89. The topological polar surface area (TPSA) is 54.9 Å². The molecule has 1 amide bonds. The van der Waals surface area contributed by atoms with Gasteiger partial charge in [0.2, 0.25) is 11.0 Å². The van der Waals surface area contributed by atoms with E-state index in [-0.39, 0.29) is 5.91 Å². The van der Waals surface area contributed by atoms with Gasteiger partial charge >= 0.3 is 0 Å². The van der Waals surface area contributed by atoms with Crippen molar-refractivity contribution in [2.45, 2.75) is 30.4 Å². The molecule has 0 spiro atoms. The van der Waals surface area contributed by atoms with Gasteiger partial charge in [-0.05, 0) is 12.5 Å². The van der Waals surface area contributed by atoms with E-state index in [0.717, 1.165) is 10.1 Å². The first-order valence-corrected chi connectivity index (χ1v) is 7.79. The van der Waals surface area contributed by atoms with E-state index in [4.69, 9.17) is 0 Å². The van der Waals surface area contributed by atoms with Gasteiger partial charge in [-0.3, -0.25) is 4.79 Å². The number of hydrogen-bond donors (Lipinski definition) is 1. The lowest BCUT2D eigenvalue weighted by Crippen LogP contribution is -2.08. The summed E-state index contributed by atoms with van der Waals surface area (Å²) >= 11 is 3.04. The van der Waals surface area contributed by atoms with Crippen LogP contribution >= 0.6 is 23.1 Å². The van der Waals surface area contributed by atoms with Crippen molar-refractivity contribution in [2.75, 3.05) is 5.32 Å². The van der Waals surface area contributed by atoms with Crippen LogP contribution in [0.3, 0.4) is 0 Å². The lowest BCUT2D eigenvalue weighted by Gasteiger charge is -1.99. The number of amides is 1. The highest BCUT2D eigenvalue weighted by Crippen LogP contribution is 2.28. The zero-order valence-electron chi connectivity index (χ0n) is 10.8. The zero-order chi connectivity index (χ0) is 13.7. The third-order valence-electron chi connectivity index (χ3n) is 2.42. The Labute approximate surface area is 120 Å². The van der Waals surface area contributed by atoms with Crippen LogP contribution in [0, 0.1) is 6.92 Å². The summed E-state index contributed by atoms with van der Waals surface area (Å²) in [4.78, 5) is 11.2. The Bertz CT molecular complexity index is 569. The molecule has 1 heterocycles. The van der Waals surface area contributed by atoms with Crippen molar-refractivity contribution >= 4 is 34.1 Å². The van der Waals surface area contributed by atoms with E-state index < -0.39 is 0 Å². The Morgan fingerprint density at radius 2 is 2.26 bits per heavy atom. The molecule has 2 rings (SSSR count). The fourth-order valence-electron chi connectivity index (χ4n) is 1.47. The van der Waals surface area contributed by atoms with Crippen LogP contribution in [0.4, 0.5) is 5.13 Å². The molecular weight excluding hydrogens is 278 g/mol. The molecule has 2 aromatic rings. The normalized spacial score (nSPS) is 10.4. The second kappa shape index (κ2) is 6.68. The Morgan fingerprint density at radius 1 is 1.42 bits per heavy atom. The van der Waals surface area contributed by atoms with Crippen LogP contribution in [0.15, 0.2) is 28.6 Å². The summed E-state index contributed by atoms with van der Waals surface area (Å²) in [5, 5.41) is 11.3. The summed E-state index contributed by atoms with van der Waals surface area (Å²) in [5.74, 6) is 0.823. The van der Waals surface area contributed by atoms with Crippen LogP contribution in [0.25, 0.3) is 0 Å². The Balaban J connectivity index is 1.91. The van der Waals surface area contributed by atoms with Gasteiger partial charge < -0.3 is 5.32 Å². The van der Waals surface area contributed by atoms with Crippen molar-refractivity contribution in [3.8, 4) is 0 Å². The summed E-state index contributed by atoms with van der Waals surface area (Å²) in [7, 11) is 0. The summed E-state index contributed by atoms with van der Waals surface area (Å²) in [5.41, 5.74) is 2.52. The minimum atomic E-state index is -0.0358. The fraction of sp³-hybridized carbons (Fsp3) is 0.308.